The van der Waals surface area contributed by atoms with E-state index in [1.807, 2.05) is 6.92 Å². The van der Waals surface area contributed by atoms with Crippen molar-refractivity contribution in [1.29, 1.82) is 0 Å². The summed E-state index contributed by atoms with van der Waals surface area (Å²) in [6, 6.07) is 0. The van der Waals surface area contributed by atoms with E-state index in [1.54, 1.807) is 6.20 Å². The molecule has 0 fully saturated rings. The summed E-state index contributed by atoms with van der Waals surface area (Å²) in [5, 5.41) is 11.1. The number of fused-ring (bicyclic) bond motifs is 1. The molecule has 0 spiro atoms. The van der Waals surface area contributed by atoms with E-state index in [4.69, 9.17) is 11.6 Å². The van der Waals surface area contributed by atoms with Gasteiger partial charge in [-0.2, -0.15) is 20.0 Å². The average molecular weight is 157 g/mol. The second-order valence-electron chi connectivity index (χ2n) is 2.05. The molecule has 2 aromatic rings. The standard InChI is InChI=1S/C5H5ClN4/c1-3-5-4(6)2-7-10(5)9-8-3/h2,9H,1H3. The number of aromatic nitrogens is 4. The van der Waals surface area contributed by atoms with E-state index in [1.165, 1.54) is 4.63 Å². The van der Waals surface area contributed by atoms with Gasteiger partial charge in [-0.3, -0.25) is 0 Å². The van der Waals surface area contributed by atoms with Crippen molar-refractivity contribution in [3.8, 4) is 0 Å². The quantitative estimate of drug-likeness (QED) is 0.619. The van der Waals surface area contributed by atoms with Crippen LogP contribution in [0.25, 0.3) is 5.52 Å². The van der Waals surface area contributed by atoms with Crippen LogP contribution in [0.4, 0.5) is 0 Å². The van der Waals surface area contributed by atoms with Gasteiger partial charge in [0.1, 0.15) is 5.52 Å². The van der Waals surface area contributed by atoms with Crippen LogP contribution in [0.5, 0.6) is 0 Å². The van der Waals surface area contributed by atoms with E-state index < -0.39 is 0 Å². The maximum Gasteiger partial charge on any atom is 0.128 e. The maximum atomic E-state index is 5.78. The number of aromatic amines is 1. The molecule has 0 atom stereocenters. The summed E-state index contributed by atoms with van der Waals surface area (Å²) >= 11 is 5.78. The maximum absolute atomic E-state index is 5.78. The molecule has 0 saturated carbocycles. The second kappa shape index (κ2) is 1.73. The van der Waals surface area contributed by atoms with Gasteiger partial charge in [-0.05, 0) is 6.92 Å². The summed E-state index contributed by atoms with van der Waals surface area (Å²) in [7, 11) is 0. The highest BCUT2D eigenvalue weighted by molar-refractivity contribution is 6.33. The van der Waals surface area contributed by atoms with E-state index in [2.05, 4.69) is 15.4 Å². The Kier molecular flexibility index (Phi) is 0.990. The summed E-state index contributed by atoms with van der Waals surface area (Å²) in [4.78, 5) is 0. The molecule has 4 nitrogen and oxygen atoms in total. The molecule has 2 heterocycles. The number of H-pyrrole nitrogens is 1. The van der Waals surface area contributed by atoms with Gasteiger partial charge in [0.2, 0.25) is 0 Å². The van der Waals surface area contributed by atoms with Crippen LogP contribution in [-0.4, -0.2) is 20.0 Å². The Labute approximate surface area is 61.8 Å². The first-order valence-electron chi connectivity index (χ1n) is 2.83. The first-order chi connectivity index (χ1) is 4.79. The van der Waals surface area contributed by atoms with Gasteiger partial charge >= 0.3 is 0 Å². The number of nitrogens with one attached hydrogen (secondary N) is 1. The molecule has 2 rings (SSSR count). The molecule has 0 aliphatic carbocycles. The van der Waals surface area contributed by atoms with Gasteiger partial charge in [-0.25, -0.2) is 0 Å². The van der Waals surface area contributed by atoms with Crippen molar-refractivity contribution in [1.82, 2.24) is 20.0 Å². The lowest BCUT2D eigenvalue weighted by molar-refractivity contribution is 0.754. The van der Waals surface area contributed by atoms with Crippen LogP contribution in [0.15, 0.2) is 6.20 Å². The lowest BCUT2D eigenvalue weighted by atomic mass is 10.4. The van der Waals surface area contributed by atoms with Crippen molar-refractivity contribution < 1.29 is 0 Å². The second-order valence-corrected chi connectivity index (χ2v) is 2.46. The van der Waals surface area contributed by atoms with Crippen molar-refractivity contribution in [3.63, 3.8) is 0 Å². The van der Waals surface area contributed by atoms with Gasteiger partial charge in [-0.1, -0.05) is 11.6 Å². The minimum absolute atomic E-state index is 0.631. The van der Waals surface area contributed by atoms with E-state index in [0.29, 0.717) is 5.02 Å². The minimum atomic E-state index is 0.631. The molecule has 52 valence electrons. The van der Waals surface area contributed by atoms with Crippen molar-refractivity contribution in [2.75, 3.05) is 0 Å². The molecule has 0 aliphatic heterocycles. The summed E-state index contributed by atoms with van der Waals surface area (Å²) in [6.07, 6.45) is 1.59. The molecular formula is C5H5ClN4. The van der Waals surface area contributed by atoms with Gasteiger partial charge in [0, 0.05) is 0 Å². The van der Waals surface area contributed by atoms with Gasteiger partial charge in [-0.15, -0.1) is 0 Å². The molecule has 0 amide bonds. The zero-order chi connectivity index (χ0) is 7.14. The number of halogens is 1. The third-order valence-electron chi connectivity index (χ3n) is 1.38. The summed E-state index contributed by atoms with van der Waals surface area (Å²) in [6.45, 7) is 1.87. The van der Waals surface area contributed by atoms with Gasteiger partial charge in [0.05, 0.1) is 16.9 Å². The third kappa shape index (κ3) is 0.565. The van der Waals surface area contributed by atoms with E-state index in [9.17, 15) is 0 Å². The van der Waals surface area contributed by atoms with Crippen LogP contribution in [0.2, 0.25) is 5.02 Å². The molecule has 0 unspecified atom stereocenters. The SMILES string of the molecule is Cc1n[nH]n2ncc(Cl)c12. The molecule has 2 aromatic heterocycles. The third-order valence-corrected chi connectivity index (χ3v) is 1.66. The predicted molar refractivity (Wildman–Crippen MR) is 37.1 cm³/mol. The lowest BCUT2D eigenvalue weighted by Gasteiger charge is -1.78. The fraction of sp³-hybridized carbons (Fsp3) is 0.200. The van der Waals surface area contributed by atoms with Crippen LogP contribution in [0, 0.1) is 6.92 Å². The fourth-order valence-corrected chi connectivity index (χ4v) is 1.17. The van der Waals surface area contributed by atoms with Crippen LogP contribution >= 0.6 is 11.6 Å². The highest BCUT2D eigenvalue weighted by Crippen LogP contribution is 2.17. The Morgan fingerprint density at radius 1 is 1.70 bits per heavy atom. The Bertz CT molecular complexity index is 329. The number of aryl methyl sites for hydroxylation is 1. The summed E-state index contributed by atoms with van der Waals surface area (Å²) in [5.74, 6) is 0. The highest BCUT2D eigenvalue weighted by atomic mass is 35.5. The normalized spacial score (nSPS) is 11.0. The first kappa shape index (κ1) is 5.73. The number of rotatable bonds is 0. The Morgan fingerprint density at radius 2 is 2.50 bits per heavy atom. The molecule has 0 radical (unpaired) electrons. The van der Waals surface area contributed by atoms with E-state index >= 15 is 0 Å². The zero-order valence-electron chi connectivity index (χ0n) is 5.30. The largest absolute Gasteiger partial charge is 0.197 e. The lowest BCUT2D eigenvalue weighted by Crippen LogP contribution is -1.83. The van der Waals surface area contributed by atoms with Crippen molar-refractivity contribution in [2.24, 2.45) is 0 Å². The number of hydrogen-bond donors (Lipinski definition) is 1. The first-order valence-corrected chi connectivity index (χ1v) is 3.21. The van der Waals surface area contributed by atoms with Crippen molar-refractivity contribution in [3.05, 3.63) is 16.9 Å². The number of nitrogens with zero attached hydrogens (tertiary/aromatic N) is 3. The fourth-order valence-electron chi connectivity index (χ4n) is 0.906. The Balaban J connectivity index is 2.98. The molecule has 1 N–H and O–H groups in total. The van der Waals surface area contributed by atoms with Crippen LogP contribution < -0.4 is 0 Å². The monoisotopic (exact) mass is 156 g/mol. The zero-order valence-corrected chi connectivity index (χ0v) is 6.05. The number of hydrogen-bond acceptors (Lipinski definition) is 2. The van der Waals surface area contributed by atoms with Gasteiger partial charge < -0.3 is 0 Å². The molecule has 0 bridgehead atoms. The van der Waals surface area contributed by atoms with Gasteiger partial charge in [0.15, 0.2) is 0 Å². The average Bonchev–Trinajstić information content (AvgIpc) is 2.40. The Hall–Kier alpha value is -1.03. The van der Waals surface area contributed by atoms with Crippen LogP contribution in [0.1, 0.15) is 5.69 Å². The summed E-state index contributed by atoms with van der Waals surface area (Å²) < 4.78 is 1.54. The molecule has 0 saturated heterocycles. The van der Waals surface area contributed by atoms with Crippen LogP contribution in [0.3, 0.4) is 0 Å². The minimum Gasteiger partial charge on any atom is -0.197 e. The van der Waals surface area contributed by atoms with Crippen LogP contribution in [-0.2, 0) is 0 Å². The summed E-state index contributed by atoms with van der Waals surface area (Å²) in [5.41, 5.74) is 1.71. The van der Waals surface area contributed by atoms with Gasteiger partial charge in [0.25, 0.3) is 0 Å². The highest BCUT2D eigenvalue weighted by Gasteiger charge is 2.05. The van der Waals surface area contributed by atoms with E-state index in [-0.39, 0.29) is 0 Å². The Morgan fingerprint density at radius 3 is 3.20 bits per heavy atom. The predicted octanol–water partition coefficient (Wildman–Crippen LogP) is 1.02. The van der Waals surface area contributed by atoms with E-state index in [0.717, 1.165) is 11.2 Å². The van der Waals surface area contributed by atoms with Crippen molar-refractivity contribution in [2.45, 2.75) is 6.92 Å². The molecular weight excluding hydrogens is 152 g/mol. The topological polar surface area (TPSA) is 46.0 Å². The molecule has 10 heavy (non-hydrogen) atoms. The molecule has 5 heteroatoms. The smallest absolute Gasteiger partial charge is 0.128 e. The molecule has 0 aliphatic rings. The molecule has 0 aromatic carbocycles. The van der Waals surface area contributed by atoms with Crippen molar-refractivity contribution >= 4 is 17.1 Å².